The molecule has 6 nitrogen and oxygen atoms in total. The molecule has 1 N–H and O–H groups in total. The molecule has 3 aliphatic rings. The van der Waals surface area contributed by atoms with Crippen molar-refractivity contribution in [3.05, 3.63) is 64.6 Å². The Hall–Kier alpha value is -3.09. The van der Waals surface area contributed by atoms with Crippen LogP contribution in [0.4, 0.5) is 4.39 Å². The smallest absolute Gasteiger partial charge is 0.164 e. The summed E-state index contributed by atoms with van der Waals surface area (Å²) in [5.41, 5.74) is 4.13. The lowest BCUT2D eigenvalue weighted by atomic mass is 9.58. The molecule has 1 aliphatic carbocycles. The number of nitrogens with zero attached hydrogens (tertiary/aromatic N) is 4. The van der Waals surface area contributed by atoms with E-state index in [0.717, 1.165) is 28.1 Å². The van der Waals surface area contributed by atoms with Crippen molar-refractivity contribution in [3.8, 4) is 11.3 Å². The van der Waals surface area contributed by atoms with E-state index in [4.69, 9.17) is 0 Å². The topological polar surface area (TPSA) is 71.6 Å². The van der Waals surface area contributed by atoms with Gasteiger partial charge in [-0.25, -0.2) is 4.39 Å². The van der Waals surface area contributed by atoms with Crippen molar-refractivity contribution >= 4 is 5.78 Å². The van der Waals surface area contributed by atoms with Crippen LogP contribution in [0.2, 0.25) is 0 Å². The maximum absolute atomic E-state index is 15.7. The number of benzene rings is 1. The van der Waals surface area contributed by atoms with Gasteiger partial charge in [-0.3, -0.25) is 9.48 Å². The number of carbonyl (C=O) groups is 1. The zero-order chi connectivity index (χ0) is 22.8. The van der Waals surface area contributed by atoms with Crippen LogP contribution >= 0.6 is 0 Å². The van der Waals surface area contributed by atoms with Crippen LogP contribution in [-0.2, 0) is 17.3 Å². The first-order valence-corrected chi connectivity index (χ1v) is 11.1. The molecular formula is C25H28FN5O. The largest absolute Gasteiger partial charge is 0.359 e. The summed E-state index contributed by atoms with van der Waals surface area (Å²) in [6.45, 7) is 7.63. The summed E-state index contributed by atoms with van der Waals surface area (Å²) >= 11 is 0. The third-order valence-electron chi connectivity index (χ3n) is 7.17. The number of nitrogens with one attached hydrogen (secondary N) is 1. The van der Waals surface area contributed by atoms with Gasteiger partial charge < -0.3 is 5.32 Å². The molecular weight excluding hydrogens is 405 g/mol. The molecule has 32 heavy (non-hydrogen) atoms. The zero-order valence-corrected chi connectivity index (χ0v) is 19.1. The first-order valence-electron chi connectivity index (χ1n) is 11.1. The van der Waals surface area contributed by atoms with Crippen molar-refractivity contribution in [2.24, 2.45) is 22.7 Å². The molecule has 0 saturated heterocycles. The van der Waals surface area contributed by atoms with Crippen molar-refractivity contribution < 1.29 is 9.18 Å². The molecule has 7 heteroatoms. The Labute approximate surface area is 187 Å². The Morgan fingerprint density at radius 3 is 2.75 bits per heavy atom. The van der Waals surface area contributed by atoms with E-state index in [1.54, 1.807) is 6.20 Å². The molecule has 1 unspecified atom stereocenters. The lowest BCUT2D eigenvalue weighted by molar-refractivity contribution is -0.120. The van der Waals surface area contributed by atoms with Crippen LogP contribution in [0.25, 0.3) is 11.3 Å². The van der Waals surface area contributed by atoms with E-state index in [1.165, 1.54) is 0 Å². The summed E-state index contributed by atoms with van der Waals surface area (Å²) in [5, 5.41) is 16.2. The van der Waals surface area contributed by atoms with Crippen LogP contribution in [-0.4, -0.2) is 27.9 Å². The SMILES string of the molecule is CC[C@]1(c2cccc(-c3cc(C)nn3C)c2)C2=CN=NC2NC2=C1C(=O)CC(C)(C)[C@@H]2F. The van der Waals surface area contributed by atoms with Gasteiger partial charge in [0.25, 0.3) is 0 Å². The standard InChI is InChI=1S/C25H28FN5O/c1-6-25(16-9-7-8-15(11-16)18-10-14(2)30-31(18)5)17-13-27-29-23(17)28-21-20(25)19(32)12-24(3,4)22(21)26/h7-11,13,22-23,28H,6,12H2,1-5H3/t22-,23?,25+/m1/s1. The Morgan fingerprint density at radius 1 is 1.28 bits per heavy atom. The number of hydrogen-bond donors (Lipinski definition) is 1. The van der Waals surface area contributed by atoms with E-state index < -0.39 is 23.2 Å². The van der Waals surface area contributed by atoms with Crippen LogP contribution < -0.4 is 5.32 Å². The first-order chi connectivity index (χ1) is 15.2. The number of carbonyl (C=O) groups excluding carboxylic acids is 1. The predicted octanol–water partition coefficient (Wildman–Crippen LogP) is 4.91. The van der Waals surface area contributed by atoms with Crippen molar-refractivity contribution in [1.29, 1.82) is 0 Å². The molecule has 1 aromatic heterocycles. The number of aromatic nitrogens is 2. The minimum Gasteiger partial charge on any atom is -0.359 e. The minimum absolute atomic E-state index is 0.0127. The number of alkyl halides is 1. The molecule has 0 radical (unpaired) electrons. The number of azo groups is 1. The van der Waals surface area contributed by atoms with Crippen molar-refractivity contribution in [2.45, 2.75) is 58.3 Å². The van der Waals surface area contributed by atoms with Gasteiger partial charge in [-0.2, -0.15) is 15.3 Å². The highest BCUT2D eigenvalue weighted by molar-refractivity contribution is 6.02. The average Bonchev–Trinajstić information content (AvgIpc) is 3.36. The van der Waals surface area contributed by atoms with Crippen LogP contribution in [0.15, 0.2) is 63.6 Å². The van der Waals surface area contributed by atoms with Gasteiger partial charge in [-0.15, -0.1) is 0 Å². The summed E-state index contributed by atoms with van der Waals surface area (Å²) < 4.78 is 17.6. The average molecular weight is 434 g/mol. The number of halogens is 1. The third kappa shape index (κ3) is 2.76. The third-order valence-corrected chi connectivity index (χ3v) is 7.17. The molecule has 3 heterocycles. The lowest BCUT2D eigenvalue weighted by Gasteiger charge is -2.49. The molecule has 2 aliphatic heterocycles. The molecule has 1 aromatic carbocycles. The number of rotatable bonds is 3. The monoisotopic (exact) mass is 433 g/mol. The van der Waals surface area contributed by atoms with E-state index in [1.807, 2.05) is 63.7 Å². The van der Waals surface area contributed by atoms with E-state index in [0.29, 0.717) is 17.7 Å². The predicted molar refractivity (Wildman–Crippen MR) is 121 cm³/mol. The molecule has 5 rings (SSSR count). The normalized spacial score (nSPS) is 28.3. The second kappa shape index (κ2) is 6.95. The van der Waals surface area contributed by atoms with Crippen molar-refractivity contribution in [3.63, 3.8) is 0 Å². The minimum atomic E-state index is -1.28. The number of allylic oxidation sites excluding steroid dienone is 2. The summed E-state index contributed by atoms with van der Waals surface area (Å²) in [6.07, 6.45) is 0.779. The van der Waals surface area contributed by atoms with Crippen molar-refractivity contribution in [2.75, 3.05) is 0 Å². The number of fused-ring (bicyclic) bond motifs is 1. The highest BCUT2D eigenvalue weighted by Gasteiger charge is 2.56. The zero-order valence-electron chi connectivity index (χ0n) is 19.1. The second-order valence-electron chi connectivity index (χ2n) is 9.74. The second-order valence-corrected chi connectivity index (χ2v) is 9.74. The maximum atomic E-state index is 15.7. The highest BCUT2D eigenvalue weighted by Crippen LogP contribution is 2.54. The number of Topliss-reactive ketones (excluding diaryl/α,β-unsaturated/α-hetero) is 1. The Morgan fingerprint density at radius 2 is 2.06 bits per heavy atom. The molecule has 0 amide bonds. The quantitative estimate of drug-likeness (QED) is 0.747. The lowest BCUT2D eigenvalue weighted by Crippen LogP contribution is -2.55. The fourth-order valence-corrected chi connectivity index (χ4v) is 5.63. The highest BCUT2D eigenvalue weighted by atomic mass is 19.1. The molecule has 0 bridgehead atoms. The molecule has 166 valence electrons. The molecule has 2 aromatic rings. The van der Waals surface area contributed by atoms with Gasteiger partial charge in [0.2, 0.25) is 0 Å². The van der Waals surface area contributed by atoms with Gasteiger partial charge in [-0.1, -0.05) is 39.0 Å². The van der Waals surface area contributed by atoms with Gasteiger partial charge in [0.15, 0.2) is 11.9 Å². The Kier molecular flexibility index (Phi) is 4.52. The van der Waals surface area contributed by atoms with Crippen LogP contribution in [0.3, 0.4) is 0 Å². The number of hydrogen-bond acceptors (Lipinski definition) is 5. The van der Waals surface area contributed by atoms with Crippen molar-refractivity contribution in [1.82, 2.24) is 15.1 Å². The molecule has 0 saturated carbocycles. The van der Waals surface area contributed by atoms with E-state index in [9.17, 15) is 4.79 Å². The van der Waals surface area contributed by atoms with E-state index in [-0.39, 0.29) is 12.2 Å². The summed E-state index contributed by atoms with van der Waals surface area (Å²) in [4.78, 5) is 13.6. The van der Waals surface area contributed by atoms with Gasteiger partial charge >= 0.3 is 0 Å². The molecule has 0 spiro atoms. The number of ketones is 1. The van der Waals surface area contributed by atoms with E-state index in [2.05, 4.69) is 26.7 Å². The summed E-state index contributed by atoms with van der Waals surface area (Å²) in [5.74, 6) is -0.0127. The Balaban J connectivity index is 1.77. The fraction of sp³-hybridized carbons (Fsp3) is 0.440. The van der Waals surface area contributed by atoms with Crippen LogP contribution in [0, 0.1) is 12.3 Å². The molecule has 0 fully saturated rings. The van der Waals surface area contributed by atoms with Gasteiger partial charge in [-0.05, 0) is 31.0 Å². The summed E-state index contributed by atoms with van der Waals surface area (Å²) in [7, 11) is 1.92. The molecule has 3 atom stereocenters. The first kappa shape index (κ1) is 20.8. The maximum Gasteiger partial charge on any atom is 0.164 e. The Bertz CT molecular complexity index is 1220. The summed E-state index contributed by atoms with van der Waals surface area (Å²) in [6, 6.07) is 10.2. The van der Waals surface area contributed by atoms with Gasteiger partial charge in [0.05, 0.1) is 28.7 Å². The van der Waals surface area contributed by atoms with Gasteiger partial charge in [0.1, 0.15) is 6.17 Å². The van der Waals surface area contributed by atoms with Crippen LogP contribution in [0.5, 0.6) is 0 Å². The number of aryl methyl sites for hydroxylation is 2. The van der Waals surface area contributed by atoms with Crippen LogP contribution in [0.1, 0.15) is 44.9 Å². The van der Waals surface area contributed by atoms with Gasteiger partial charge in [0, 0.05) is 35.6 Å². The van der Waals surface area contributed by atoms with E-state index >= 15 is 4.39 Å². The fourth-order valence-electron chi connectivity index (χ4n) is 5.63.